The van der Waals surface area contributed by atoms with Gasteiger partial charge in [0.1, 0.15) is 6.54 Å². The maximum atomic E-state index is 10.7. The summed E-state index contributed by atoms with van der Waals surface area (Å²) in [6.45, 7) is 4.75. The van der Waals surface area contributed by atoms with Crippen molar-refractivity contribution in [1.29, 1.82) is 0 Å². The summed E-state index contributed by atoms with van der Waals surface area (Å²) < 4.78 is 58.7. The van der Waals surface area contributed by atoms with Crippen molar-refractivity contribution < 1.29 is 30.6 Å². The van der Waals surface area contributed by atoms with E-state index >= 15 is 0 Å². The number of quaternary nitrogens is 1. The highest BCUT2D eigenvalue weighted by molar-refractivity contribution is 7.86. The molecule has 0 fully saturated rings. The fraction of sp³-hybridized carbons (Fsp3) is 0.786. The lowest BCUT2D eigenvalue weighted by Crippen LogP contribution is -2.39. The van der Waals surface area contributed by atoms with Gasteiger partial charge in [-0.15, -0.1) is 0 Å². The Morgan fingerprint density at radius 2 is 1.03 bits per heavy atom. The Morgan fingerprint density at radius 3 is 1.36 bits per heavy atom. The molecule has 0 atom stereocenters. The number of nitrogens with zero attached hydrogens (tertiary/aromatic N) is 1. The van der Waals surface area contributed by atoms with Gasteiger partial charge in [0.15, 0.2) is 0 Å². The summed E-state index contributed by atoms with van der Waals surface area (Å²) in [5.74, 6) is 0. The second kappa shape index (κ2) is 19.9. The lowest BCUT2D eigenvalue weighted by Gasteiger charge is -2.30. The SMILES string of the molecule is CCCCCCCCCCCCCCCCCC[N+](C)(C)Cc1ccccc1.O=S(=O)(O)C(F)(F)F. The van der Waals surface area contributed by atoms with Gasteiger partial charge in [-0.1, -0.05) is 127 Å². The molecule has 36 heavy (non-hydrogen) atoms. The molecule has 1 aromatic rings. The van der Waals surface area contributed by atoms with Crippen molar-refractivity contribution in [2.45, 2.75) is 122 Å². The summed E-state index contributed by atoms with van der Waals surface area (Å²) >= 11 is 0. The zero-order valence-electron chi connectivity index (χ0n) is 22.9. The van der Waals surface area contributed by atoms with Crippen LogP contribution in [-0.4, -0.2) is 43.6 Å². The van der Waals surface area contributed by atoms with Gasteiger partial charge < -0.3 is 4.48 Å². The first kappa shape index (κ1) is 34.9. The maximum absolute atomic E-state index is 10.7. The second-order valence-electron chi connectivity index (χ2n) is 10.5. The van der Waals surface area contributed by atoms with Gasteiger partial charge in [0, 0.05) is 5.56 Å². The maximum Gasteiger partial charge on any atom is 0.522 e. The smallest absolute Gasteiger partial charge is 0.325 e. The molecule has 0 saturated carbocycles. The van der Waals surface area contributed by atoms with Gasteiger partial charge in [0.25, 0.3) is 0 Å². The molecule has 8 heteroatoms. The minimum Gasteiger partial charge on any atom is -0.325 e. The Labute approximate surface area is 219 Å². The third kappa shape index (κ3) is 21.0. The van der Waals surface area contributed by atoms with Crippen molar-refractivity contribution in [3.63, 3.8) is 0 Å². The van der Waals surface area contributed by atoms with E-state index in [1.165, 1.54) is 115 Å². The lowest BCUT2D eigenvalue weighted by atomic mass is 10.0. The Bertz CT molecular complexity index is 738. The first-order chi connectivity index (χ1) is 16.9. The van der Waals surface area contributed by atoms with E-state index in [9.17, 15) is 13.2 Å². The highest BCUT2D eigenvalue weighted by Crippen LogP contribution is 2.20. The predicted molar refractivity (Wildman–Crippen MR) is 144 cm³/mol. The van der Waals surface area contributed by atoms with Crippen LogP contribution in [0.4, 0.5) is 13.2 Å². The van der Waals surface area contributed by atoms with Crippen LogP contribution in [0.25, 0.3) is 0 Å². The Balaban J connectivity index is 0.00000131. The minimum absolute atomic E-state index is 1.11. The molecule has 4 nitrogen and oxygen atoms in total. The predicted octanol–water partition coefficient (Wildman–Crippen LogP) is 8.92. The molecule has 0 amide bonds. The summed E-state index contributed by atoms with van der Waals surface area (Å²) in [5, 5.41) is 0. The summed E-state index contributed by atoms with van der Waals surface area (Å²) in [6, 6.07) is 10.9. The molecule has 0 aliphatic heterocycles. The molecule has 1 N–H and O–H groups in total. The van der Waals surface area contributed by atoms with Crippen molar-refractivity contribution in [3.05, 3.63) is 35.9 Å². The van der Waals surface area contributed by atoms with E-state index in [0.717, 1.165) is 11.0 Å². The van der Waals surface area contributed by atoms with E-state index in [-0.39, 0.29) is 0 Å². The number of hydrogen-bond donors (Lipinski definition) is 1. The number of hydrogen-bond acceptors (Lipinski definition) is 2. The van der Waals surface area contributed by atoms with E-state index in [1.54, 1.807) is 0 Å². The number of benzene rings is 1. The largest absolute Gasteiger partial charge is 0.522 e. The first-order valence-electron chi connectivity index (χ1n) is 13.8. The van der Waals surface area contributed by atoms with Gasteiger partial charge in [-0.25, -0.2) is 0 Å². The van der Waals surface area contributed by atoms with Crippen LogP contribution in [0.1, 0.15) is 115 Å². The number of alkyl halides is 3. The van der Waals surface area contributed by atoms with Gasteiger partial charge >= 0.3 is 15.6 Å². The van der Waals surface area contributed by atoms with E-state index in [2.05, 4.69) is 51.4 Å². The van der Waals surface area contributed by atoms with Crippen LogP contribution in [0.3, 0.4) is 0 Å². The molecule has 0 radical (unpaired) electrons. The van der Waals surface area contributed by atoms with Crippen molar-refractivity contribution in [3.8, 4) is 0 Å². The normalized spacial score (nSPS) is 12.3. The zero-order chi connectivity index (χ0) is 27.3. The molecule has 0 spiro atoms. The minimum atomic E-state index is -5.84. The lowest BCUT2D eigenvalue weighted by molar-refractivity contribution is -0.903. The highest BCUT2D eigenvalue weighted by Gasteiger charge is 2.44. The zero-order valence-corrected chi connectivity index (χ0v) is 23.7. The molecule has 1 aromatic carbocycles. The summed E-state index contributed by atoms with van der Waals surface area (Å²) in [6.07, 6.45) is 23.2. The summed E-state index contributed by atoms with van der Waals surface area (Å²) in [4.78, 5) is 0. The van der Waals surface area contributed by atoms with Gasteiger partial charge in [0.2, 0.25) is 0 Å². The molecule has 0 aromatic heterocycles. The average molecular weight is 539 g/mol. The topological polar surface area (TPSA) is 54.4 Å². The number of unbranched alkanes of at least 4 members (excludes halogenated alkanes) is 15. The van der Waals surface area contributed by atoms with E-state index in [1.807, 2.05) is 0 Å². The van der Waals surface area contributed by atoms with Crippen LogP contribution in [0, 0.1) is 0 Å². The Morgan fingerprint density at radius 1 is 0.694 bits per heavy atom. The first-order valence-corrected chi connectivity index (χ1v) is 15.2. The fourth-order valence-electron chi connectivity index (χ4n) is 4.24. The van der Waals surface area contributed by atoms with Crippen LogP contribution >= 0.6 is 0 Å². The molecule has 0 heterocycles. The average Bonchev–Trinajstić information content (AvgIpc) is 2.78. The third-order valence-corrected chi connectivity index (χ3v) is 6.95. The van der Waals surface area contributed by atoms with Crippen molar-refractivity contribution >= 4 is 10.1 Å². The Hall–Kier alpha value is -1.12. The molecule has 0 saturated heterocycles. The second-order valence-corrected chi connectivity index (χ2v) is 11.9. The molecule has 0 aliphatic rings. The summed E-state index contributed by atoms with van der Waals surface area (Å²) in [5.41, 5.74) is -4.07. The third-order valence-electron chi connectivity index (χ3n) is 6.36. The molecular formula is C28H51F3NO3S+. The van der Waals surface area contributed by atoms with Crippen LogP contribution in [0.5, 0.6) is 0 Å². The van der Waals surface area contributed by atoms with E-state index in [4.69, 9.17) is 13.0 Å². The molecular weight excluding hydrogens is 487 g/mol. The van der Waals surface area contributed by atoms with Crippen molar-refractivity contribution in [2.24, 2.45) is 0 Å². The van der Waals surface area contributed by atoms with Gasteiger partial charge in [-0.3, -0.25) is 4.55 Å². The summed E-state index contributed by atoms with van der Waals surface area (Å²) in [7, 11) is -1.09. The van der Waals surface area contributed by atoms with Crippen LogP contribution in [-0.2, 0) is 16.7 Å². The number of halogens is 3. The van der Waals surface area contributed by atoms with E-state index in [0.29, 0.717) is 0 Å². The van der Waals surface area contributed by atoms with Crippen LogP contribution < -0.4 is 0 Å². The van der Waals surface area contributed by atoms with Crippen LogP contribution in [0.2, 0.25) is 0 Å². The monoisotopic (exact) mass is 538 g/mol. The van der Waals surface area contributed by atoms with Crippen LogP contribution in [0.15, 0.2) is 30.3 Å². The molecule has 212 valence electrons. The Kier molecular flexibility index (Phi) is 19.3. The fourth-order valence-corrected chi connectivity index (χ4v) is 4.24. The molecule has 0 aliphatic carbocycles. The van der Waals surface area contributed by atoms with Gasteiger partial charge in [-0.05, 0) is 12.8 Å². The molecule has 1 rings (SSSR count). The van der Waals surface area contributed by atoms with Gasteiger partial charge in [0.05, 0.1) is 20.6 Å². The highest BCUT2D eigenvalue weighted by atomic mass is 32.2. The number of rotatable bonds is 19. The molecule has 0 bridgehead atoms. The van der Waals surface area contributed by atoms with Crippen molar-refractivity contribution in [1.82, 2.24) is 0 Å². The van der Waals surface area contributed by atoms with E-state index < -0.39 is 15.6 Å². The standard InChI is InChI=1S/C27H50N.CHF3O3S/c1-4-5-6-7-8-9-10-11-12-13-14-15-16-17-18-22-25-28(2,3)26-27-23-20-19-21-24-27;2-1(3,4)8(5,6)7/h19-21,23-24H,4-18,22,25-26H2,1-3H3;(H,5,6,7)/q+1;. The van der Waals surface area contributed by atoms with Gasteiger partial charge in [-0.2, -0.15) is 21.6 Å². The quantitative estimate of drug-likeness (QED) is 0.0828. The molecule has 0 unspecified atom stereocenters. The van der Waals surface area contributed by atoms with Crippen molar-refractivity contribution in [2.75, 3.05) is 20.6 Å².